The SMILES string of the molecule is CC1c2ccccc2CCN1C(=O)N1CCS(=O)(=O)CC1. The first kappa shape index (κ1) is 14.4. The van der Waals surface area contributed by atoms with E-state index < -0.39 is 9.84 Å². The Labute approximate surface area is 125 Å². The summed E-state index contributed by atoms with van der Waals surface area (Å²) < 4.78 is 22.9. The summed E-state index contributed by atoms with van der Waals surface area (Å²) in [5.74, 6) is 0.162. The fraction of sp³-hybridized carbons (Fsp3) is 0.533. The van der Waals surface area contributed by atoms with Crippen LogP contribution in [0.3, 0.4) is 0 Å². The maximum absolute atomic E-state index is 12.6. The van der Waals surface area contributed by atoms with Gasteiger partial charge in [0.1, 0.15) is 0 Å². The minimum absolute atomic E-state index is 0.0353. The fourth-order valence-electron chi connectivity index (χ4n) is 3.12. The van der Waals surface area contributed by atoms with Crippen molar-refractivity contribution in [3.05, 3.63) is 35.4 Å². The Morgan fingerprint density at radius 2 is 1.81 bits per heavy atom. The molecule has 0 aromatic heterocycles. The lowest BCUT2D eigenvalue weighted by atomic mass is 9.94. The molecular formula is C15H20N2O3S. The third kappa shape index (κ3) is 2.77. The number of benzene rings is 1. The number of nitrogens with zero attached hydrogens (tertiary/aromatic N) is 2. The van der Waals surface area contributed by atoms with Crippen molar-refractivity contribution in [2.75, 3.05) is 31.1 Å². The molecule has 21 heavy (non-hydrogen) atoms. The van der Waals surface area contributed by atoms with Crippen molar-refractivity contribution in [2.45, 2.75) is 19.4 Å². The van der Waals surface area contributed by atoms with E-state index in [4.69, 9.17) is 0 Å². The van der Waals surface area contributed by atoms with Gasteiger partial charge in [0.05, 0.1) is 17.5 Å². The summed E-state index contributed by atoms with van der Waals surface area (Å²) in [6.45, 7) is 3.36. The Bertz CT molecular complexity index is 643. The first-order valence-corrected chi connectivity index (χ1v) is 9.14. The van der Waals surface area contributed by atoms with Gasteiger partial charge in [0.15, 0.2) is 9.84 Å². The normalized spacial score (nSPS) is 24.5. The minimum atomic E-state index is -2.95. The number of hydrogen-bond acceptors (Lipinski definition) is 3. The van der Waals surface area contributed by atoms with Crippen LogP contribution in [-0.2, 0) is 16.3 Å². The monoisotopic (exact) mass is 308 g/mol. The lowest BCUT2D eigenvalue weighted by molar-refractivity contribution is 0.136. The van der Waals surface area contributed by atoms with E-state index in [9.17, 15) is 13.2 Å². The maximum atomic E-state index is 12.6. The Morgan fingerprint density at radius 1 is 1.14 bits per heavy atom. The molecule has 5 nitrogen and oxygen atoms in total. The molecule has 1 aromatic rings. The van der Waals surface area contributed by atoms with Crippen molar-refractivity contribution in [3.8, 4) is 0 Å². The van der Waals surface area contributed by atoms with Crippen molar-refractivity contribution in [1.29, 1.82) is 0 Å². The van der Waals surface area contributed by atoms with Crippen LogP contribution < -0.4 is 0 Å². The van der Waals surface area contributed by atoms with E-state index in [1.165, 1.54) is 11.1 Å². The summed E-state index contributed by atoms with van der Waals surface area (Å²) in [6.07, 6.45) is 0.860. The molecule has 1 saturated heterocycles. The van der Waals surface area contributed by atoms with E-state index in [0.717, 1.165) is 6.42 Å². The van der Waals surface area contributed by atoms with Crippen LogP contribution in [0.1, 0.15) is 24.1 Å². The first-order chi connectivity index (χ1) is 9.98. The lowest BCUT2D eigenvalue weighted by Gasteiger charge is -2.39. The highest BCUT2D eigenvalue weighted by Crippen LogP contribution is 2.30. The Morgan fingerprint density at radius 3 is 2.52 bits per heavy atom. The standard InChI is InChI=1S/C15H20N2O3S/c1-12-14-5-3-2-4-13(14)6-7-17(12)15(18)16-8-10-21(19,20)11-9-16/h2-5,12H,6-11H2,1H3. The van der Waals surface area contributed by atoms with Crippen molar-refractivity contribution in [1.82, 2.24) is 9.80 Å². The van der Waals surface area contributed by atoms with Crippen molar-refractivity contribution in [3.63, 3.8) is 0 Å². The van der Waals surface area contributed by atoms with Gasteiger partial charge in [0.2, 0.25) is 0 Å². The number of sulfone groups is 1. The molecule has 1 fully saturated rings. The third-order valence-corrected chi connectivity index (χ3v) is 6.06. The van der Waals surface area contributed by atoms with Gasteiger partial charge in [-0.2, -0.15) is 0 Å². The largest absolute Gasteiger partial charge is 0.323 e. The average Bonchev–Trinajstić information content (AvgIpc) is 2.47. The third-order valence-electron chi connectivity index (χ3n) is 4.46. The van der Waals surface area contributed by atoms with E-state index in [1.807, 2.05) is 24.0 Å². The number of carbonyl (C=O) groups is 1. The van der Waals surface area contributed by atoms with Crippen molar-refractivity contribution in [2.24, 2.45) is 0 Å². The van der Waals surface area contributed by atoms with Gasteiger partial charge < -0.3 is 9.80 Å². The molecule has 114 valence electrons. The zero-order chi connectivity index (χ0) is 15.0. The molecule has 1 atom stereocenters. The predicted molar refractivity (Wildman–Crippen MR) is 80.9 cm³/mol. The van der Waals surface area contributed by atoms with Gasteiger partial charge in [-0.05, 0) is 24.5 Å². The molecule has 2 aliphatic rings. The summed E-state index contributed by atoms with van der Waals surface area (Å²) in [5.41, 5.74) is 2.50. The number of rotatable bonds is 0. The molecule has 0 saturated carbocycles. The molecule has 1 aromatic carbocycles. The smallest absolute Gasteiger partial charge is 0.320 e. The second-order valence-corrected chi connectivity index (χ2v) is 8.04. The molecule has 0 radical (unpaired) electrons. The van der Waals surface area contributed by atoms with Gasteiger partial charge >= 0.3 is 6.03 Å². The summed E-state index contributed by atoms with van der Waals surface area (Å²) in [7, 11) is -2.95. The summed E-state index contributed by atoms with van der Waals surface area (Å²) in [4.78, 5) is 16.2. The maximum Gasteiger partial charge on any atom is 0.320 e. The number of amides is 2. The first-order valence-electron chi connectivity index (χ1n) is 7.32. The van der Waals surface area contributed by atoms with Crippen molar-refractivity contribution < 1.29 is 13.2 Å². The second-order valence-electron chi connectivity index (χ2n) is 5.74. The number of fused-ring (bicyclic) bond motifs is 1. The molecule has 2 amide bonds. The van der Waals surface area contributed by atoms with Crippen LogP contribution in [0.2, 0.25) is 0 Å². The quantitative estimate of drug-likeness (QED) is 0.729. The van der Waals surface area contributed by atoms with Crippen LogP contribution in [-0.4, -0.2) is 55.4 Å². The van der Waals surface area contributed by atoms with E-state index in [2.05, 4.69) is 12.1 Å². The topological polar surface area (TPSA) is 57.7 Å². The molecule has 0 N–H and O–H groups in total. The number of carbonyl (C=O) groups excluding carboxylic acids is 1. The Kier molecular flexibility index (Phi) is 3.65. The molecule has 3 rings (SSSR count). The molecule has 1 unspecified atom stereocenters. The highest BCUT2D eigenvalue weighted by molar-refractivity contribution is 7.91. The number of urea groups is 1. The minimum Gasteiger partial charge on any atom is -0.323 e. The molecule has 0 spiro atoms. The van der Waals surface area contributed by atoms with Gasteiger partial charge in [0.25, 0.3) is 0 Å². The molecule has 2 aliphatic heterocycles. The molecular weight excluding hydrogens is 288 g/mol. The van der Waals surface area contributed by atoms with Gasteiger partial charge in [-0.15, -0.1) is 0 Å². The zero-order valence-corrected chi connectivity index (χ0v) is 13.0. The van der Waals surface area contributed by atoms with Crippen LogP contribution in [0.4, 0.5) is 4.79 Å². The zero-order valence-electron chi connectivity index (χ0n) is 12.2. The highest BCUT2D eigenvalue weighted by Gasteiger charge is 2.33. The predicted octanol–water partition coefficient (Wildman–Crippen LogP) is 1.46. The van der Waals surface area contributed by atoms with Crippen LogP contribution in [0.5, 0.6) is 0 Å². The highest BCUT2D eigenvalue weighted by atomic mass is 32.2. The van der Waals surface area contributed by atoms with Crippen LogP contribution in [0.15, 0.2) is 24.3 Å². The van der Waals surface area contributed by atoms with E-state index >= 15 is 0 Å². The fourth-order valence-corrected chi connectivity index (χ4v) is 4.32. The van der Waals surface area contributed by atoms with Gasteiger partial charge in [-0.3, -0.25) is 0 Å². The molecule has 0 aliphatic carbocycles. The van der Waals surface area contributed by atoms with E-state index in [0.29, 0.717) is 19.6 Å². The van der Waals surface area contributed by atoms with Crippen LogP contribution in [0.25, 0.3) is 0 Å². The van der Waals surface area contributed by atoms with Gasteiger partial charge in [0, 0.05) is 19.6 Å². The van der Waals surface area contributed by atoms with E-state index in [-0.39, 0.29) is 23.6 Å². The lowest BCUT2D eigenvalue weighted by Crippen LogP contribution is -2.51. The number of hydrogen-bond donors (Lipinski definition) is 0. The van der Waals surface area contributed by atoms with Gasteiger partial charge in [-0.25, -0.2) is 13.2 Å². The average molecular weight is 308 g/mol. The Hall–Kier alpha value is -1.56. The molecule has 2 heterocycles. The summed E-state index contributed by atoms with van der Waals surface area (Å²) in [6, 6.07) is 8.21. The Balaban J connectivity index is 1.75. The van der Waals surface area contributed by atoms with Crippen LogP contribution >= 0.6 is 0 Å². The molecule has 6 heteroatoms. The summed E-state index contributed by atoms with van der Waals surface area (Å²) in [5, 5.41) is 0. The van der Waals surface area contributed by atoms with Crippen LogP contribution in [0, 0.1) is 0 Å². The van der Waals surface area contributed by atoms with Gasteiger partial charge in [-0.1, -0.05) is 24.3 Å². The second kappa shape index (κ2) is 5.33. The van der Waals surface area contributed by atoms with E-state index in [1.54, 1.807) is 4.90 Å². The van der Waals surface area contributed by atoms with Crippen molar-refractivity contribution >= 4 is 15.9 Å². The summed E-state index contributed by atoms with van der Waals surface area (Å²) >= 11 is 0. The molecule has 0 bridgehead atoms.